The van der Waals surface area contributed by atoms with E-state index in [2.05, 4.69) is 49.4 Å². The molecule has 0 radical (unpaired) electrons. The van der Waals surface area contributed by atoms with Gasteiger partial charge in [0.15, 0.2) is 0 Å². The summed E-state index contributed by atoms with van der Waals surface area (Å²) in [6.45, 7) is 2.86. The van der Waals surface area contributed by atoms with Crippen LogP contribution in [0.2, 0.25) is 0 Å². The molecule has 0 aliphatic carbocycles. The van der Waals surface area contributed by atoms with Crippen LogP contribution in [-0.4, -0.2) is 31.6 Å². The van der Waals surface area contributed by atoms with Crippen molar-refractivity contribution in [2.24, 2.45) is 5.73 Å². The number of hydrogen-bond donors (Lipinski definition) is 1. The molecule has 1 atom stereocenters. The second-order valence-electron chi connectivity index (χ2n) is 4.07. The van der Waals surface area contributed by atoms with E-state index in [-0.39, 0.29) is 0 Å². The third-order valence-electron chi connectivity index (χ3n) is 2.97. The number of nitrogens with zero attached hydrogens (tertiary/aromatic N) is 1. The first-order valence-corrected chi connectivity index (χ1v) is 7.07. The minimum absolute atomic E-state index is 0.438. The summed E-state index contributed by atoms with van der Waals surface area (Å²) in [4.78, 5) is 2.31. The number of benzene rings is 1. The Balaban J connectivity index is 2.74. The summed E-state index contributed by atoms with van der Waals surface area (Å²) in [7, 11) is 2.14. The summed E-state index contributed by atoms with van der Waals surface area (Å²) >= 11 is 1.88. The SMILES string of the molecule is CSCCC(CN)N(C)c1ccccc1C. The van der Waals surface area contributed by atoms with Gasteiger partial charge < -0.3 is 10.6 Å². The maximum Gasteiger partial charge on any atom is 0.0417 e. The van der Waals surface area contributed by atoms with Crippen molar-refractivity contribution < 1.29 is 0 Å². The van der Waals surface area contributed by atoms with E-state index in [0.717, 1.165) is 12.2 Å². The molecule has 3 heteroatoms. The molecular weight excluding hydrogens is 216 g/mol. The number of aryl methyl sites for hydroxylation is 1. The van der Waals surface area contributed by atoms with Gasteiger partial charge in [0.1, 0.15) is 0 Å². The Morgan fingerprint density at radius 2 is 2.06 bits per heavy atom. The average molecular weight is 238 g/mol. The van der Waals surface area contributed by atoms with Crippen LogP contribution in [0.3, 0.4) is 0 Å². The van der Waals surface area contributed by atoms with Gasteiger partial charge in [0.2, 0.25) is 0 Å². The van der Waals surface area contributed by atoms with Gasteiger partial charge in [0.25, 0.3) is 0 Å². The van der Waals surface area contributed by atoms with Gasteiger partial charge in [-0.3, -0.25) is 0 Å². The molecule has 2 N–H and O–H groups in total. The lowest BCUT2D eigenvalue weighted by atomic mass is 10.1. The van der Waals surface area contributed by atoms with Crippen molar-refractivity contribution in [1.29, 1.82) is 0 Å². The van der Waals surface area contributed by atoms with Crippen LogP contribution in [0.15, 0.2) is 24.3 Å². The summed E-state index contributed by atoms with van der Waals surface area (Å²) in [6, 6.07) is 8.91. The highest BCUT2D eigenvalue weighted by Gasteiger charge is 2.14. The van der Waals surface area contributed by atoms with Crippen molar-refractivity contribution in [3.8, 4) is 0 Å². The predicted octanol–water partition coefficient (Wildman–Crippen LogP) is 2.51. The molecule has 0 saturated carbocycles. The summed E-state index contributed by atoms with van der Waals surface area (Å²) in [5, 5.41) is 0. The van der Waals surface area contributed by atoms with E-state index in [0.29, 0.717) is 12.6 Å². The fourth-order valence-electron chi connectivity index (χ4n) is 1.88. The van der Waals surface area contributed by atoms with Crippen molar-refractivity contribution in [3.05, 3.63) is 29.8 Å². The highest BCUT2D eigenvalue weighted by atomic mass is 32.2. The fraction of sp³-hybridized carbons (Fsp3) is 0.538. The predicted molar refractivity (Wildman–Crippen MR) is 75.4 cm³/mol. The van der Waals surface area contributed by atoms with Crippen LogP contribution < -0.4 is 10.6 Å². The maximum absolute atomic E-state index is 5.85. The molecule has 1 aromatic rings. The lowest BCUT2D eigenvalue weighted by Crippen LogP contribution is -2.38. The minimum Gasteiger partial charge on any atom is -0.370 e. The molecule has 0 heterocycles. The van der Waals surface area contributed by atoms with Crippen LogP contribution in [0.4, 0.5) is 5.69 Å². The normalized spacial score (nSPS) is 12.5. The molecular formula is C13H22N2S. The van der Waals surface area contributed by atoms with Gasteiger partial charge in [-0.05, 0) is 37.0 Å². The first-order chi connectivity index (χ1) is 7.70. The largest absolute Gasteiger partial charge is 0.370 e. The Hall–Kier alpha value is -0.670. The molecule has 0 fully saturated rings. The van der Waals surface area contributed by atoms with Crippen molar-refractivity contribution in [2.45, 2.75) is 19.4 Å². The highest BCUT2D eigenvalue weighted by Crippen LogP contribution is 2.21. The highest BCUT2D eigenvalue weighted by molar-refractivity contribution is 7.98. The molecule has 90 valence electrons. The van der Waals surface area contributed by atoms with Gasteiger partial charge in [-0.25, -0.2) is 0 Å². The third-order valence-corrected chi connectivity index (χ3v) is 3.61. The zero-order valence-electron chi connectivity index (χ0n) is 10.4. The molecule has 1 unspecified atom stereocenters. The number of para-hydroxylation sites is 1. The van der Waals surface area contributed by atoms with Crippen molar-refractivity contribution in [3.63, 3.8) is 0 Å². The van der Waals surface area contributed by atoms with Gasteiger partial charge in [0, 0.05) is 25.3 Å². The summed E-state index contributed by atoms with van der Waals surface area (Å²) in [5.74, 6) is 1.16. The second kappa shape index (κ2) is 6.81. The van der Waals surface area contributed by atoms with Crippen LogP contribution in [0, 0.1) is 6.92 Å². The van der Waals surface area contributed by atoms with E-state index < -0.39 is 0 Å². The molecule has 0 spiro atoms. The van der Waals surface area contributed by atoms with Gasteiger partial charge in [-0.15, -0.1) is 0 Å². The van der Waals surface area contributed by atoms with E-state index in [4.69, 9.17) is 5.73 Å². The third kappa shape index (κ3) is 3.42. The Bertz CT molecular complexity index is 315. The van der Waals surface area contributed by atoms with Crippen molar-refractivity contribution >= 4 is 17.4 Å². The Kier molecular flexibility index (Phi) is 5.71. The smallest absolute Gasteiger partial charge is 0.0417 e. The summed E-state index contributed by atoms with van der Waals surface area (Å²) in [6.07, 6.45) is 3.28. The lowest BCUT2D eigenvalue weighted by molar-refractivity contribution is 0.622. The number of nitrogens with two attached hydrogens (primary N) is 1. The van der Waals surface area contributed by atoms with Crippen molar-refractivity contribution in [1.82, 2.24) is 0 Å². The van der Waals surface area contributed by atoms with Crippen molar-refractivity contribution in [2.75, 3.05) is 30.5 Å². The van der Waals surface area contributed by atoms with E-state index >= 15 is 0 Å². The Morgan fingerprint density at radius 1 is 1.38 bits per heavy atom. The zero-order valence-corrected chi connectivity index (χ0v) is 11.3. The molecule has 0 saturated heterocycles. The molecule has 0 aliphatic rings. The van der Waals surface area contributed by atoms with Crippen LogP contribution in [0.5, 0.6) is 0 Å². The molecule has 0 aromatic heterocycles. The van der Waals surface area contributed by atoms with Crippen LogP contribution in [0.1, 0.15) is 12.0 Å². The number of likely N-dealkylation sites (N-methyl/N-ethyl adjacent to an activating group) is 1. The molecule has 16 heavy (non-hydrogen) atoms. The first kappa shape index (κ1) is 13.4. The standard InChI is InChI=1S/C13H22N2S/c1-11-6-4-5-7-13(11)15(2)12(10-14)8-9-16-3/h4-7,12H,8-10,14H2,1-3H3. The Labute approximate surface area is 103 Å². The molecule has 0 aliphatic heterocycles. The first-order valence-electron chi connectivity index (χ1n) is 5.68. The Morgan fingerprint density at radius 3 is 2.62 bits per heavy atom. The topological polar surface area (TPSA) is 29.3 Å². The molecule has 0 amide bonds. The summed E-state index contributed by atoms with van der Waals surface area (Å²) in [5.41, 5.74) is 8.45. The van der Waals surface area contributed by atoms with E-state index in [9.17, 15) is 0 Å². The van der Waals surface area contributed by atoms with Gasteiger partial charge in [-0.2, -0.15) is 11.8 Å². The molecule has 0 bridgehead atoms. The van der Waals surface area contributed by atoms with E-state index in [1.165, 1.54) is 11.3 Å². The lowest BCUT2D eigenvalue weighted by Gasteiger charge is -2.30. The van der Waals surface area contributed by atoms with Crippen LogP contribution in [-0.2, 0) is 0 Å². The fourth-order valence-corrected chi connectivity index (χ4v) is 2.39. The average Bonchev–Trinajstić information content (AvgIpc) is 2.30. The van der Waals surface area contributed by atoms with E-state index in [1.807, 2.05) is 11.8 Å². The number of thioether (sulfide) groups is 1. The molecule has 1 rings (SSSR count). The number of anilines is 1. The van der Waals surface area contributed by atoms with Gasteiger partial charge >= 0.3 is 0 Å². The quantitative estimate of drug-likeness (QED) is 0.825. The minimum atomic E-state index is 0.438. The zero-order chi connectivity index (χ0) is 12.0. The second-order valence-corrected chi connectivity index (χ2v) is 5.05. The number of hydrogen-bond acceptors (Lipinski definition) is 3. The van der Waals surface area contributed by atoms with Gasteiger partial charge in [-0.1, -0.05) is 18.2 Å². The monoisotopic (exact) mass is 238 g/mol. The van der Waals surface area contributed by atoms with Gasteiger partial charge in [0.05, 0.1) is 0 Å². The summed E-state index contributed by atoms with van der Waals surface area (Å²) < 4.78 is 0. The maximum atomic E-state index is 5.85. The van der Waals surface area contributed by atoms with Crippen LogP contribution >= 0.6 is 11.8 Å². The molecule has 1 aromatic carbocycles. The number of rotatable bonds is 6. The van der Waals surface area contributed by atoms with Crippen LogP contribution in [0.25, 0.3) is 0 Å². The molecule has 2 nitrogen and oxygen atoms in total. The van der Waals surface area contributed by atoms with E-state index in [1.54, 1.807) is 0 Å².